The van der Waals surface area contributed by atoms with Gasteiger partial charge < -0.3 is 4.72 Å². The average Bonchev–Trinajstić information content (AvgIpc) is 3.08. The number of aryl methyl sites for hydroxylation is 1. The zero-order valence-corrected chi connectivity index (χ0v) is 15.9. The Balaban J connectivity index is 1.96. The Morgan fingerprint density at radius 1 is 1.08 bits per heavy atom. The number of sulfonamides is 1. The van der Waals surface area contributed by atoms with Crippen LogP contribution in [0.2, 0.25) is 0 Å². The number of rotatable bonds is 4. The van der Waals surface area contributed by atoms with Crippen molar-refractivity contribution in [3.8, 4) is 11.4 Å². The zero-order chi connectivity index (χ0) is 18.9. The first-order chi connectivity index (χ1) is 12.2. The van der Waals surface area contributed by atoms with E-state index in [4.69, 9.17) is 0 Å². The van der Waals surface area contributed by atoms with Crippen LogP contribution >= 0.6 is 0 Å². The molecule has 136 valence electrons. The first-order valence-corrected chi connectivity index (χ1v) is 9.54. The Morgan fingerprint density at radius 3 is 2.50 bits per heavy atom. The van der Waals surface area contributed by atoms with Crippen LogP contribution in [0.5, 0.6) is 0 Å². The van der Waals surface area contributed by atoms with Crippen LogP contribution in [0, 0.1) is 6.92 Å². The fraction of sp³-hybridized carbons (Fsp3) is 0.278. The molecular weight excluding hydrogens is 350 g/mol. The molecular formula is C18H20N5O2S-. The van der Waals surface area contributed by atoms with Crippen LogP contribution < -0.4 is 0 Å². The van der Waals surface area contributed by atoms with Crippen LogP contribution in [0.3, 0.4) is 0 Å². The summed E-state index contributed by atoms with van der Waals surface area (Å²) >= 11 is 0. The smallest absolute Gasteiger partial charge is 0.204 e. The van der Waals surface area contributed by atoms with Gasteiger partial charge in [-0.15, -0.1) is 15.9 Å². The largest absolute Gasteiger partial charge is 0.573 e. The van der Waals surface area contributed by atoms with Gasteiger partial charge >= 0.3 is 0 Å². The Kier molecular flexibility index (Phi) is 4.53. The van der Waals surface area contributed by atoms with Gasteiger partial charge in [-0.25, -0.2) is 8.42 Å². The number of nitrogens with zero attached hydrogens (tertiary/aromatic N) is 4. The molecule has 0 saturated heterocycles. The van der Waals surface area contributed by atoms with E-state index in [1.807, 2.05) is 32.9 Å². The molecule has 1 N–H and O–H groups in total. The summed E-state index contributed by atoms with van der Waals surface area (Å²) in [5.41, 5.74) is 2.40. The molecule has 8 heteroatoms. The highest BCUT2D eigenvalue weighted by atomic mass is 32.2. The second kappa shape index (κ2) is 6.53. The molecule has 7 nitrogen and oxygen atoms in total. The first kappa shape index (κ1) is 18.1. The molecule has 0 atom stereocenters. The fourth-order valence-corrected chi connectivity index (χ4v) is 3.76. The molecule has 0 bridgehead atoms. The topological polar surface area (TPSA) is 103 Å². The van der Waals surface area contributed by atoms with Crippen molar-refractivity contribution in [2.45, 2.75) is 38.0 Å². The number of tetrazole rings is 1. The van der Waals surface area contributed by atoms with Gasteiger partial charge in [0.2, 0.25) is 5.82 Å². The lowest BCUT2D eigenvalue weighted by atomic mass is 9.87. The van der Waals surface area contributed by atoms with E-state index < -0.39 is 10.0 Å². The van der Waals surface area contributed by atoms with Crippen LogP contribution in [-0.4, -0.2) is 29.0 Å². The third kappa shape index (κ3) is 3.75. The van der Waals surface area contributed by atoms with Gasteiger partial charge in [-0.1, -0.05) is 57.2 Å². The number of hydrogen-bond acceptors (Lipinski definition) is 5. The SMILES string of the molecule is Cc1ccc(C(C)(C)C)cc1S(=O)(=O)[N-]c1cccc(-c2nn[nH]n2)c1. The Hall–Kier alpha value is -2.74. The Bertz CT molecular complexity index is 1020. The number of benzene rings is 2. The number of nitrogens with one attached hydrogen (secondary N) is 1. The Labute approximate surface area is 152 Å². The summed E-state index contributed by atoms with van der Waals surface area (Å²) < 4.78 is 29.8. The average molecular weight is 370 g/mol. The molecule has 0 amide bonds. The van der Waals surface area contributed by atoms with Crippen molar-refractivity contribution in [1.82, 2.24) is 20.6 Å². The maximum Gasteiger partial charge on any atom is 0.204 e. The lowest BCUT2D eigenvalue weighted by Gasteiger charge is -2.26. The normalized spacial score (nSPS) is 12.2. The minimum atomic E-state index is -3.85. The first-order valence-electron chi connectivity index (χ1n) is 8.10. The molecule has 3 aromatic rings. The fourth-order valence-electron chi connectivity index (χ4n) is 2.52. The van der Waals surface area contributed by atoms with Crippen molar-refractivity contribution in [3.63, 3.8) is 0 Å². The number of H-pyrrole nitrogens is 1. The van der Waals surface area contributed by atoms with Crippen LogP contribution in [0.15, 0.2) is 47.4 Å². The van der Waals surface area contributed by atoms with E-state index >= 15 is 0 Å². The van der Waals surface area contributed by atoms with Crippen LogP contribution in [0.1, 0.15) is 31.9 Å². The molecule has 0 aliphatic heterocycles. The lowest BCUT2D eigenvalue weighted by Crippen LogP contribution is -2.12. The van der Waals surface area contributed by atoms with Crippen molar-refractivity contribution >= 4 is 15.7 Å². The minimum absolute atomic E-state index is 0.156. The second-order valence-corrected chi connectivity index (χ2v) is 8.65. The quantitative estimate of drug-likeness (QED) is 0.751. The number of hydrogen-bond donors (Lipinski definition) is 1. The van der Waals surface area contributed by atoms with Crippen LogP contribution in [-0.2, 0) is 15.4 Å². The van der Waals surface area contributed by atoms with Crippen molar-refractivity contribution in [2.75, 3.05) is 0 Å². The van der Waals surface area contributed by atoms with Crippen molar-refractivity contribution in [2.24, 2.45) is 0 Å². The molecule has 0 saturated carbocycles. The molecule has 0 spiro atoms. The molecule has 26 heavy (non-hydrogen) atoms. The van der Waals surface area contributed by atoms with Crippen LogP contribution in [0.25, 0.3) is 16.1 Å². The molecule has 3 rings (SSSR count). The van der Waals surface area contributed by atoms with Gasteiger partial charge in [-0.3, -0.25) is 0 Å². The molecule has 1 heterocycles. The highest BCUT2D eigenvalue weighted by molar-refractivity contribution is 7.94. The van der Waals surface area contributed by atoms with Gasteiger partial charge in [0, 0.05) is 5.56 Å². The van der Waals surface area contributed by atoms with Gasteiger partial charge in [-0.05, 0) is 34.7 Å². The summed E-state index contributed by atoms with van der Waals surface area (Å²) in [5, 5.41) is 13.7. The Morgan fingerprint density at radius 2 is 1.85 bits per heavy atom. The van der Waals surface area contributed by atoms with E-state index in [0.29, 0.717) is 22.6 Å². The molecule has 0 aliphatic carbocycles. The highest BCUT2D eigenvalue weighted by Gasteiger charge is 2.17. The predicted octanol–water partition coefficient (Wildman–Crippen LogP) is 3.87. The minimum Gasteiger partial charge on any atom is -0.573 e. The van der Waals surface area contributed by atoms with Gasteiger partial charge in [0.05, 0.1) is 4.90 Å². The number of aromatic nitrogens is 4. The third-order valence-corrected chi connectivity index (χ3v) is 5.45. The van der Waals surface area contributed by atoms with Crippen LogP contribution in [0.4, 0.5) is 5.69 Å². The van der Waals surface area contributed by atoms with Gasteiger partial charge in [0.25, 0.3) is 0 Å². The molecule has 0 unspecified atom stereocenters. The number of aromatic amines is 1. The lowest BCUT2D eigenvalue weighted by molar-refractivity contribution is 0.585. The maximum absolute atomic E-state index is 12.9. The van der Waals surface area contributed by atoms with Crippen molar-refractivity contribution in [1.29, 1.82) is 0 Å². The van der Waals surface area contributed by atoms with E-state index in [2.05, 4.69) is 25.3 Å². The van der Waals surface area contributed by atoms with E-state index in [1.54, 1.807) is 37.3 Å². The standard InChI is InChI=1S/C18H20N5O2S/c1-12-8-9-14(18(2,3)4)11-16(12)26(24,25)21-15-7-5-6-13(10-15)17-19-22-23-20-17/h5-11H,1-4H3,(H,19,20,22,23)/q-1. The van der Waals surface area contributed by atoms with Gasteiger partial charge in [0.15, 0.2) is 0 Å². The molecule has 1 aromatic heterocycles. The van der Waals surface area contributed by atoms with E-state index in [-0.39, 0.29) is 10.3 Å². The van der Waals surface area contributed by atoms with Gasteiger partial charge in [0.1, 0.15) is 10.0 Å². The molecule has 0 radical (unpaired) electrons. The van der Waals surface area contributed by atoms with Crippen molar-refractivity contribution in [3.05, 3.63) is 58.3 Å². The summed E-state index contributed by atoms with van der Waals surface area (Å²) in [4.78, 5) is 0.217. The van der Waals surface area contributed by atoms with E-state index in [1.165, 1.54) is 0 Å². The van der Waals surface area contributed by atoms with Crippen molar-refractivity contribution < 1.29 is 8.42 Å². The van der Waals surface area contributed by atoms with Gasteiger partial charge in [-0.2, -0.15) is 5.21 Å². The monoisotopic (exact) mass is 370 g/mol. The summed E-state index contributed by atoms with van der Waals surface area (Å²) in [6.07, 6.45) is 0. The molecule has 0 aliphatic rings. The summed E-state index contributed by atoms with van der Waals surface area (Å²) in [7, 11) is -3.85. The summed E-state index contributed by atoms with van der Waals surface area (Å²) in [6.45, 7) is 7.89. The summed E-state index contributed by atoms with van der Waals surface area (Å²) in [5.74, 6) is 0.380. The third-order valence-electron chi connectivity index (χ3n) is 4.01. The predicted molar refractivity (Wildman–Crippen MR) is 99.7 cm³/mol. The zero-order valence-electron chi connectivity index (χ0n) is 15.1. The summed E-state index contributed by atoms with van der Waals surface area (Å²) in [6, 6.07) is 12.2. The van der Waals surface area contributed by atoms with E-state index in [9.17, 15) is 8.42 Å². The maximum atomic E-state index is 12.9. The molecule has 2 aromatic carbocycles. The van der Waals surface area contributed by atoms with E-state index in [0.717, 1.165) is 5.56 Å². The second-order valence-electron chi connectivity index (χ2n) is 7.08. The molecule has 0 fully saturated rings. The highest BCUT2D eigenvalue weighted by Crippen LogP contribution is 2.33.